The summed E-state index contributed by atoms with van der Waals surface area (Å²) in [4.78, 5) is 21.9. The molecule has 1 aliphatic carbocycles. The van der Waals surface area contributed by atoms with Crippen molar-refractivity contribution in [3.8, 4) is 0 Å². The van der Waals surface area contributed by atoms with Crippen LogP contribution in [0.5, 0.6) is 0 Å². The minimum atomic E-state index is -0.00560. The maximum Gasteiger partial charge on any atom is 0.227 e. The number of nitrogens with zero attached hydrogens (tertiary/aromatic N) is 3. The number of carbonyl (C=O) groups excluding carboxylic acids is 1. The average molecular weight is 348 g/mol. The second-order valence-corrected chi connectivity index (χ2v) is 7.31. The molecule has 3 aromatic rings. The maximum absolute atomic E-state index is 12.6. The van der Waals surface area contributed by atoms with E-state index in [0.717, 1.165) is 29.6 Å². The van der Waals surface area contributed by atoms with Gasteiger partial charge in [0.05, 0.1) is 0 Å². The Hall–Kier alpha value is -2.69. The highest BCUT2D eigenvalue weighted by Gasteiger charge is 2.26. The van der Waals surface area contributed by atoms with E-state index in [9.17, 15) is 4.79 Å². The highest BCUT2D eigenvalue weighted by atomic mass is 16.1. The van der Waals surface area contributed by atoms with Crippen molar-refractivity contribution >= 4 is 23.0 Å². The fourth-order valence-corrected chi connectivity index (χ4v) is 3.51. The Bertz CT molecular complexity index is 928. The number of nitrogens with one attached hydrogen (secondary N) is 1. The minimum Gasteiger partial charge on any atom is -0.296 e. The normalized spacial score (nSPS) is 15.6. The summed E-state index contributed by atoms with van der Waals surface area (Å²) in [5.41, 5.74) is 3.97. The van der Waals surface area contributed by atoms with Gasteiger partial charge in [0.25, 0.3) is 0 Å². The topological polar surface area (TPSA) is 59.8 Å². The number of aromatic nitrogens is 3. The zero-order valence-corrected chi connectivity index (χ0v) is 15.3. The summed E-state index contributed by atoms with van der Waals surface area (Å²) in [6, 6.07) is 12.5. The van der Waals surface area contributed by atoms with Gasteiger partial charge in [0.2, 0.25) is 11.9 Å². The van der Waals surface area contributed by atoms with Crippen LogP contribution in [0.3, 0.4) is 0 Å². The Balaban J connectivity index is 1.57. The number of amides is 1. The molecular formula is C21H24N4O. The second kappa shape index (κ2) is 6.90. The van der Waals surface area contributed by atoms with Gasteiger partial charge in [-0.15, -0.1) is 0 Å². The van der Waals surface area contributed by atoms with E-state index in [2.05, 4.69) is 38.9 Å². The van der Waals surface area contributed by atoms with Crippen molar-refractivity contribution < 1.29 is 4.79 Å². The Morgan fingerprint density at radius 2 is 2.08 bits per heavy atom. The number of aryl methyl sites for hydroxylation is 1. The molecule has 1 amide bonds. The lowest BCUT2D eigenvalue weighted by molar-refractivity contribution is -0.116. The first-order valence-electron chi connectivity index (χ1n) is 9.31. The monoisotopic (exact) mass is 348 g/mol. The third kappa shape index (κ3) is 3.21. The Labute approximate surface area is 153 Å². The van der Waals surface area contributed by atoms with Crippen LogP contribution in [0.25, 0.3) is 11.2 Å². The maximum atomic E-state index is 12.6. The fourth-order valence-electron chi connectivity index (χ4n) is 3.51. The number of carbonyl (C=O) groups is 1. The average Bonchev–Trinajstić information content (AvgIpc) is 2.91. The van der Waals surface area contributed by atoms with Crippen molar-refractivity contribution in [1.82, 2.24) is 14.5 Å². The molecule has 26 heavy (non-hydrogen) atoms. The number of imidazole rings is 1. The third-order valence-corrected chi connectivity index (χ3v) is 5.22. The van der Waals surface area contributed by atoms with Gasteiger partial charge in [0.15, 0.2) is 5.65 Å². The number of anilines is 1. The first-order valence-corrected chi connectivity index (χ1v) is 9.31. The van der Waals surface area contributed by atoms with Crippen LogP contribution in [-0.4, -0.2) is 20.4 Å². The number of hydrogen-bond acceptors (Lipinski definition) is 3. The van der Waals surface area contributed by atoms with Gasteiger partial charge in [0.1, 0.15) is 5.52 Å². The summed E-state index contributed by atoms with van der Waals surface area (Å²) in [6.45, 7) is 4.09. The Kier molecular flexibility index (Phi) is 4.45. The summed E-state index contributed by atoms with van der Waals surface area (Å²) in [5, 5.41) is 3.04. The van der Waals surface area contributed by atoms with Crippen LogP contribution < -0.4 is 5.32 Å². The molecular weight excluding hydrogens is 324 g/mol. The predicted octanol–water partition coefficient (Wildman–Crippen LogP) is 4.60. The lowest BCUT2D eigenvalue weighted by Gasteiger charge is -2.28. The van der Waals surface area contributed by atoms with Crippen molar-refractivity contribution in [2.45, 2.75) is 51.5 Å². The molecule has 2 heterocycles. The van der Waals surface area contributed by atoms with E-state index < -0.39 is 0 Å². The van der Waals surface area contributed by atoms with Gasteiger partial charge >= 0.3 is 0 Å². The lowest BCUT2D eigenvalue weighted by atomic mass is 9.93. The molecule has 1 atom stereocenters. The summed E-state index contributed by atoms with van der Waals surface area (Å²) in [7, 11) is 0. The molecule has 1 aliphatic rings. The second-order valence-electron chi connectivity index (χ2n) is 7.31. The molecule has 1 fully saturated rings. The summed E-state index contributed by atoms with van der Waals surface area (Å²) >= 11 is 0. The van der Waals surface area contributed by atoms with Gasteiger partial charge in [-0.05, 0) is 49.3 Å². The van der Waals surface area contributed by atoms with Crippen LogP contribution >= 0.6 is 0 Å². The largest absolute Gasteiger partial charge is 0.296 e. The molecule has 4 rings (SSSR count). The summed E-state index contributed by atoms with van der Waals surface area (Å²) in [5.74, 6) is 0.792. The van der Waals surface area contributed by atoms with E-state index in [-0.39, 0.29) is 11.8 Å². The number of pyridine rings is 1. The van der Waals surface area contributed by atoms with Gasteiger partial charge in [-0.3, -0.25) is 14.7 Å². The molecule has 5 heteroatoms. The van der Waals surface area contributed by atoms with Crippen LogP contribution in [0, 0.1) is 6.92 Å². The first-order chi connectivity index (χ1) is 12.6. The summed E-state index contributed by atoms with van der Waals surface area (Å²) in [6.07, 6.45) is 5.75. The fraction of sp³-hybridized carbons (Fsp3) is 0.381. The Morgan fingerprint density at radius 3 is 2.77 bits per heavy atom. The molecule has 0 aliphatic heterocycles. The van der Waals surface area contributed by atoms with Crippen molar-refractivity contribution in [2.75, 3.05) is 5.32 Å². The van der Waals surface area contributed by atoms with Crippen LogP contribution in [0.2, 0.25) is 0 Å². The zero-order valence-electron chi connectivity index (χ0n) is 15.3. The van der Waals surface area contributed by atoms with E-state index in [1.54, 1.807) is 0 Å². The number of rotatable bonds is 5. The molecule has 0 radical (unpaired) electrons. The quantitative estimate of drug-likeness (QED) is 0.733. The zero-order chi connectivity index (χ0) is 18.1. The van der Waals surface area contributed by atoms with Gasteiger partial charge in [-0.2, -0.15) is 0 Å². The molecule has 2 aromatic heterocycles. The molecule has 0 unspecified atom stereocenters. The smallest absolute Gasteiger partial charge is 0.227 e. The van der Waals surface area contributed by atoms with E-state index >= 15 is 0 Å². The number of fused-ring (bicyclic) bond motifs is 1. The minimum absolute atomic E-state index is 0.00560. The van der Waals surface area contributed by atoms with Crippen molar-refractivity contribution in [2.24, 2.45) is 0 Å². The lowest BCUT2D eigenvalue weighted by Crippen LogP contribution is -2.23. The van der Waals surface area contributed by atoms with E-state index in [4.69, 9.17) is 0 Å². The van der Waals surface area contributed by atoms with Crippen LogP contribution in [0.15, 0.2) is 42.6 Å². The molecule has 134 valence electrons. The van der Waals surface area contributed by atoms with Crippen LogP contribution in [0.4, 0.5) is 5.95 Å². The molecule has 1 N–H and O–H groups in total. The van der Waals surface area contributed by atoms with Gasteiger partial charge in [-0.25, -0.2) is 9.97 Å². The highest BCUT2D eigenvalue weighted by Crippen LogP contribution is 2.36. The van der Waals surface area contributed by atoms with Crippen molar-refractivity contribution in [3.63, 3.8) is 0 Å². The highest BCUT2D eigenvalue weighted by molar-refractivity contribution is 5.91. The number of benzene rings is 1. The van der Waals surface area contributed by atoms with Crippen LogP contribution in [0.1, 0.15) is 55.7 Å². The molecule has 0 spiro atoms. The van der Waals surface area contributed by atoms with E-state index in [1.165, 1.54) is 12.0 Å². The Morgan fingerprint density at radius 1 is 1.31 bits per heavy atom. The van der Waals surface area contributed by atoms with E-state index in [1.807, 2.05) is 37.4 Å². The first kappa shape index (κ1) is 16.8. The predicted molar refractivity (Wildman–Crippen MR) is 103 cm³/mol. The molecule has 0 saturated heterocycles. The molecule has 5 nitrogen and oxygen atoms in total. The SMILES string of the molecule is Cc1cnc2c(c1)nc(NC(=O)C[C@H](C)c1ccccc1)n2C1CCC1. The van der Waals surface area contributed by atoms with Gasteiger partial charge in [0, 0.05) is 18.7 Å². The molecule has 1 saturated carbocycles. The van der Waals surface area contributed by atoms with Crippen LogP contribution in [-0.2, 0) is 4.79 Å². The van der Waals surface area contributed by atoms with Crippen molar-refractivity contribution in [3.05, 3.63) is 53.7 Å². The molecule has 1 aromatic carbocycles. The van der Waals surface area contributed by atoms with Crippen molar-refractivity contribution in [1.29, 1.82) is 0 Å². The van der Waals surface area contributed by atoms with E-state index in [0.29, 0.717) is 18.4 Å². The van der Waals surface area contributed by atoms with Gasteiger partial charge < -0.3 is 0 Å². The number of hydrogen-bond donors (Lipinski definition) is 1. The summed E-state index contributed by atoms with van der Waals surface area (Å²) < 4.78 is 2.11. The van der Waals surface area contributed by atoms with Gasteiger partial charge in [-0.1, -0.05) is 37.3 Å². The standard InChI is InChI=1S/C21H24N4O/c1-14-11-18-20(22-13-14)25(17-9-6-10-17)21(23-18)24-19(26)12-15(2)16-7-4-3-5-8-16/h3-5,7-8,11,13,15,17H,6,9-10,12H2,1-2H3,(H,23,24,26)/t15-/m0/s1. The molecule has 0 bridgehead atoms. The third-order valence-electron chi connectivity index (χ3n) is 5.22.